The van der Waals surface area contributed by atoms with E-state index in [0.29, 0.717) is 6.61 Å². The van der Waals surface area contributed by atoms with Crippen molar-refractivity contribution in [3.05, 3.63) is 0 Å². The molecule has 82 valence electrons. The van der Waals surface area contributed by atoms with Gasteiger partial charge in [-0.1, -0.05) is 13.8 Å². The van der Waals surface area contributed by atoms with E-state index in [0.717, 1.165) is 12.8 Å². The van der Waals surface area contributed by atoms with E-state index in [1.54, 1.807) is 13.8 Å². The Kier molecular flexibility index (Phi) is 3.89. The Hall–Kier alpha value is -0.610. The molecule has 0 aromatic carbocycles. The normalized spacial score (nSPS) is 28.4. The van der Waals surface area contributed by atoms with Gasteiger partial charge in [0, 0.05) is 6.61 Å². The summed E-state index contributed by atoms with van der Waals surface area (Å²) in [6.07, 6.45) is 0.948. The van der Waals surface area contributed by atoms with E-state index >= 15 is 0 Å². The third-order valence-corrected chi connectivity index (χ3v) is 3.06. The molecular weight excluding hydrogens is 184 g/mol. The van der Waals surface area contributed by atoms with Crippen LogP contribution in [0.3, 0.4) is 0 Å². The Morgan fingerprint density at radius 2 is 2.14 bits per heavy atom. The minimum atomic E-state index is -0.866. The van der Waals surface area contributed by atoms with Gasteiger partial charge in [-0.3, -0.25) is 4.79 Å². The molecule has 4 atom stereocenters. The fraction of sp³-hybridized carbons (Fsp3) is 0.900. The van der Waals surface area contributed by atoms with Crippen LogP contribution in [-0.2, 0) is 9.53 Å². The van der Waals surface area contributed by atoms with Crippen LogP contribution in [0.15, 0.2) is 0 Å². The van der Waals surface area contributed by atoms with Gasteiger partial charge in [-0.2, -0.15) is 0 Å². The molecular formula is C10H18O4. The zero-order valence-corrected chi connectivity index (χ0v) is 8.64. The molecule has 4 heteroatoms. The highest BCUT2D eigenvalue weighted by atomic mass is 16.5. The Morgan fingerprint density at radius 1 is 1.50 bits per heavy atom. The average Bonchev–Trinajstić information content (AvgIpc) is 2.67. The van der Waals surface area contributed by atoms with Crippen molar-refractivity contribution in [1.29, 1.82) is 0 Å². The van der Waals surface area contributed by atoms with E-state index in [9.17, 15) is 9.90 Å². The number of carboxylic acid groups (broad SMARTS) is 1. The molecule has 4 nitrogen and oxygen atoms in total. The molecule has 0 aromatic rings. The number of carbonyl (C=O) groups is 1. The average molecular weight is 202 g/mol. The summed E-state index contributed by atoms with van der Waals surface area (Å²) < 4.78 is 5.32. The van der Waals surface area contributed by atoms with Gasteiger partial charge in [0.05, 0.1) is 18.1 Å². The summed E-state index contributed by atoms with van der Waals surface area (Å²) >= 11 is 0. The van der Waals surface area contributed by atoms with E-state index in [1.165, 1.54) is 0 Å². The third-order valence-electron chi connectivity index (χ3n) is 3.06. The summed E-state index contributed by atoms with van der Waals surface area (Å²) in [5.41, 5.74) is 0. The Bertz CT molecular complexity index is 198. The van der Waals surface area contributed by atoms with Gasteiger partial charge in [0.25, 0.3) is 0 Å². The maximum Gasteiger partial charge on any atom is 0.306 e. The maximum absolute atomic E-state index is 10.7. The quantitative estimate of drug-likeness (QED) is 0.710. The molecule has 14 heavy (non-hydrogen) atoms. The first-order valence-corrected chi connectivity index (χ1v) is 5.06. The SMILES string of the molecule is CC(C(=O)O)C(C)C(O)C1CCCO1. The summed E-state index contributed by atoms with van der Waals surface area (Å²) in [5, 5.41) is 18.6. The highest BCUT2D eigenvalue weighted by Crippen LogP contribution is 2.25. The largest absolute Gasteiger partial charge is 0.481 e. The number of rotatable bonds is 4. The standard InChI is InChI=1S/C10H18O4/c1-6(7(2)10(12)13)9(11)8-4-3-5-14-8/h6-9,11H,3-5H2,1-2H3,(H,12,13). The van der Waals surface area contributed by atoms with E-state index in [-0.39, 0.29) is 12.0 Å². The van der Waals surface area contributed by atoms with E-state index in [4.69, 9.17) is 9.84 Å². The molecule has 2 N–H and O–H groups in total. The van der Waals surface area contributed by atoms with Crippen molar-refractivity contribution in [3.63, 3.8) is 0 Å². The van der Waals surface area contributed by atoms with Crippen LogP contribution < -0.4 is 0 Å². The van der Waals surface area contributed by atoms with E-state index in [2.05, 4.69) is 0 Å². The summed E-state index contributed by atoms with van der Waals surface area (Å²) in [4.78, 5) is 10.7. The van der Waals surface area contributed by atoms with Crippen molar-refractivity contribution in [3.8, 4) is 0 Å². The fourth-order valence-corrected chi connectivity index (χ4v) is 1.73. The van der Waals surface area contributed by atoms with Crippen LogP contribution in [0.5, 0.6) is 0 Å². The predicted molar refractivity (Wildman–Crippen MR) is 50.9 cm³/mol. The molecule has 1 aliphatic heterocycles. The van der Waals surface area contributed by atoms with Crippen molar-refractivity contribution >= 4 is 5.97 Å². The molecule has 0 amide bonds. The molecule has 0 aliphatic carbocycles. The molecule has 1 fully saturated rings. The lowest BCUT2D eigenvalue weighted by Gasteiger charge is -2.26. The van der Waals surface area contributed by atoms with Gasteiger partial charge in [0.15, 0.2) is 0 Å². The smallest absolute Gasteiger partial charge is 0.306 e. The lowest BCUT2D eigenvalue weighted by Crippen LogP contribution is -2.37. The second kappa shape index (κ2) is 4.75. The van der Waals surface area contributed by atoms with Crippen LogP contribution in [-0.4, -0.2) is 35.0 Å². The van der Waals surface area contributed by atoms with Crippen molar-refractivity contribution in [2.75, 3.05) is 6.61 Å². The van der Waals surface area contributed by atoms with Gasteiger partial charge in [-0.25, -0.2) is 0 Å². The highest BCUT2D eigenvalue weighted by molar-refractivity contribution is 5.69. The first-order valence-electron chi connectivity index (χ1n) is 5.06. The van der Waals surface area contributed by atoms with E-state index in [1.807, 2.05) is 0 Å². The third kappa shape index (κ3) is 2.45. The van der Waals surface area contributed by atoms with Gasteiger partial charge < -0.3 is 14.9 Å². The summed E-state index contributed by atoms with van der Waals surface area (Å²) in [6.45, 7) is 4.05. The van der Waals surface area contributed by atoms with Crippen molar-refractivity contribution in [2.45, 2.75) is 38.9 Å². The van der Waals surface area contributed by atoms with E-state index < -0.39 is 18.0 Å². The fourth-order valence-electron chi connectivity index (χ4n) is 1.73. The summed E-state index contributed by atoms with van der Waals surface area (Å²) in [5.74, 6) is -1.67. The molecule has 1 aliphatic rings. The van der Waals surface area contributed by atoms with Gasteiger partial charge in [0.1, 0.15) is 0 Å². The van der Waals surface area contributed by atoms with Gasteiger partial charge in [0.2, 0.25) is 0 Å². The topological polar surface area (TPSA) is 66.8 Å². The number of aliphatic hydroxyl groups excluding tert-OH is 1. The van der Waals surface area contributed by atoms with Crippen LogP contribution in [0.1, 0.15) is 26.7 Å². The lowest BCUT2D eigenvalue weighted by atomic mass is 9.87. The molecule has 1 heterocycles. The van der Waals surface area contributed by atoms with Crippen LogP contribution in [0.25, 0.3) is 0 Å². The number of hydrogen-bond donors (Lipinski definition) is 2. The lowest BCUT2D eigenvalue weighted by molar-refractivity contribution is -0.145. The molecule has 0 radical (unpaired) electrons. The first kappa shape index (κ1) is 11.5. The molecule has 0 bridgehead atoms. The molecule has 1 saturated heterocycles. The number of aliphatic hydroxyl groups is 1. The predicted octanol–water partition coefficient (Wildman–Crippen LogP) is 0.883. The number of ether oxygens (including phenoxy) is 1. The minimum Gasteiger partial charge on any atom is -0.481 e. The molecule has 0 spiro atoms. The second-order valence-electron chi connectivity index (χ2n) is 4.03. The van der Waals surface area contributed by atoms with Crippen molar-refractivity contribution in [1.82, 2.24) is 0 Å². The molecule has 0 saturated carbocycles. The minimum absolute atomic E-state index is 0.174. The Labute approximate surface area is 83.9 Å². The highest BCUT2D eigenvalue weighted by Gasteiger charge is 2.33. The Balaban J connectivity index is 2.49. The number of carboxylic acids is 1. The van der Waals surface area contributed by atoms with Gasteiger partial charge in [-0.05, 0) is 18.8 Å². The van der Waals surface area contributed by atoms with Crippen LogP contribution in [0.2, 0.25) is 0 Å². The zero-order chi connectivity index (χ0) is 10.7. The Morgan fingerprint density at radius 3 is 2.57 bits per heavy atom. The monoisotopic (exact) mass is 202 g/mol. The molecule has 1 rings (SSSR count). The summed E-state index contributed by atoms with van der Waals surface area (Å²) in [7, 11) is 0. The van der Waals surface area contributed by atoms with Gasteiger partial charge >= 0.3 is 5.97 Å². The van der Waals surface area contributed by atoms with Crippen LogP contribution in [0.4, 0.5) is 0 Å². The summed E-state index contributed by atoms with van der Waals surface area (Å²) in [6, 6.07) is 0. The molecule has 0 aromatic heterocycles. The number of aliphatic carboxylic acids is 1. The number of hydrogen-bond acceptors (Lipinski definition) is 3. The molecule has 4 unspecified atom stereocenters. The zero-order valence-electron chi connectivity index (χ0n) is 8.64. The van der Waals surface area contributed by atoms with Crippen molar-refractivity contribution < 1.29 is 19.7 Å². The maximum atomic E-state index is 10.7. The van der Waals surface area contributed by atoms with Gasteiger partial charge in [-0.15, -0.1) is 0 Å². The van der Waals surface area contributed by atoms with Crippen molar-refractivity contribution in [2.24, 2.45) is 11.8 Å². The van der Waals surface area contributed by atoms with Crippen LogP contribution >= 0.6 is 0 Å². The van der Waals surface area contributed by atoms with Crippen LogP contribution in [0, 0.1) is 11.8 Å². The first-order chi connectivity index (χ1) is 6.54. The second-order valence-corrected chi connectivity index (χ2v) is 4.03.